The van der Waals surface area contributed by atoms with E-state index in [-0.39, 0.29) is 87.4 Å². The number of ether oxygens (including phenoxy) is 4. The lowest BCUT2D eigenvalue weighted by Crippen LogP contribution is -2.49. The number of ketones is 2. The summed E-state index contributed by atoms with van der Waals surface area (Å²) in [6.07, 6.45) is -5.08. The number of benzene rings is 2. The number of fused-ring (bicyclic) bond motifs is 4. The van der Waals surface area contributed by atoms with Crippen LogP contribution in [0.1, 0.15) is 192 Å². The van der Waals surface area contributed by atoms with Crippen LogP contribution in [-0.4, -0.2) is 169 Å². The summed E-state index contributed by atoms with van der Waals surface area (Å²) in [6.45, 7) is 6.71. The SMILES string of the molecule is C[C@@H]1CC/C=C\[C@@H]2C[C@@]2(C(=O)NS(=O)(=O)C2(CF)CC2)CC(=O)[C@@H]2C[C@@H](OC(=O)c3cccc(F)c3)CN2C(=O)[C@@H](CC(=O)OC(C)(C)C(F)(F)F)[C@H](C)C1.C[C@H]1CC/C=C\[C@@H]2C[C@@]2(C(=O)NS(=O)(=O)C2(CF)CC2)CC(=O)[C@@H]2C[C@@H](OC(=O)c3cccc(F)c3)CN2C(=O)[C@@H](CC(=O)OC(C)(C)C(F)(F)F)[C@H](C)C1. The lowest BCUT2D eigenvalue weighted by Gasteiger charge is -2.33. The van der Waals surface area contributed by atoms with E-state index in [4.69, 9.17) is 18.9 Å². The summed E-state index contributed by atoms with van der Waals surface area (Å²) < 4.78 is 211. The van der Waals surface area contributed by atoms with Crippen LogP contribution in [0.2, 0.25) is 0 Å². The highest BCUT2D eigenvalue weighted by Crippen LogP contribution is 2.59. The molecule has 0 unspecified atom stereocenters. The number of esters is 4. The summed E-state index contributed by atoms with van der Waals surface area (Å²) in [5.41, 5.74) is -9.17. The number of rotatable bonds is 18. The third-order valence-electron chi connectivity index (χ3n) is 23.2. The van der Waals surface area contributed by atoms with E-state index in [9.17, 15) is 109 Å². The zero-order valence-corrected chi connectivity index (χ0v) is 63.9. The Morgan fingerprint density at radius 1 is 0.536 bits per heavy atom. The Kier molecular flexibility index (Phi) is 25.7. The predicted octanol–water partition coefficient (Wildman–Crippen LogP) is 11.5. The monoisotopic (exact) mass is 1600 g/mol. The highest BCUT2D eigenvalue weighted by Gasteiger charge is 2.66. The molecule has 4 heterocycles. The fourth-order valence-corrected chi connectivity index (χ4v) is 18.2. The van der Waals surface area contributed by atoms with E-state index in [0.29, 0.717) is 66.2 Å². The van der Waals surface area contributed by atoms with Gasteiger partial charge >= 0.3 is 36.2 Å². The molecule has 22 nitrogen and oxygen atoms in total. The number of halogens is 10. The smallest absolute Gasteiger partial charge is 0.427 e. The van der Waals surface area contributed by atoms with E-state index in [1.54, 1.807) is 26.0 Å². The molecule has 2 N–H and O–H groups in total. The van der Waals surface area contributed by atoms with Crippen LogP contribution in [0.4, 0.5) is 43.9 Å². The number of sulfonamides is 2. The number of nitrogens with zero attached hydrogens (tertiary/aromatic N) is 2. The molecule has 8 aliphatic rings. The summed E-state index contributed by atoms with van der Waals surface area (Å²) in [6, 6.07) is 6.53. The fraction of sp³-hybridized carbons (Fsp3) is 0.658. The van der Waals surface area contributed by atoms with Crippen molar-refractivity contribution in [2.75, 3.05) is 26.4 Å². The van der Waals surface area contributed by atoms with E-state index >= 15 is 0 Å². The molecule has 0 bridgehead atoms. The lowest BCUT2D eigenvalue weighted by molar-refractivity contribution is -0.257. The molecule has 34 heteroatoms. The van der Waals surface area contributed by atoms with E-state index in [0.717, 1.165) is 34.1 Å². The van der Waals surface area contributed by atoms with Crippen LogP contribution in [0.25, 0.3) is 0 Å². The lowest BCUT2D eigenvalue weighted by atomic mass is 9.82. The molecule has 4 aliphatic carbocycles. The Bertz CT molecular complexity index is 3920. The van der Waals surface area contributed by atoms with Crippen molar-refractivity contribution in [3.8, 4) is 0 Å². The number of allylic oxidation sites excluding steroid dienone is 4. The second kappa shape index (κ2) is 32.7. The van der Waals surface area contributed by atoms with E-state index in [2.05, 4.69) is 0 Å². The first-order valence-electron chi connectivity index (χ1n) is 36.8. The molecule has 4 saturated carbocycles. The van der Waals surface area contributed by atoms with Crippen LogP contribution in [0.15, 0.2) is 72.8 Å². The van der Waals surface area contributed by atoms with Crippen LogP contribution in [-0.2, 0) is 77.4 Å². The van der Waals surface area contributed by atoms with Crippen molar-refractivity contribution in [3.05, 3.63) is 95.6 Å². The van der Waals surface area contributed by atoms with Gasteiger partial charge in [0.2, 0.25) is 54.9 Å². The zero-order valence-electron chi connectivity index (χ0n) is 62.3. The number of carbonyl (C=O) groups excluding carboxylic acids is 10. The van der Waals surface area contributed by atoms with Gasteiger partial charge in [0.15, 0.2) is 11.6 Å². The maximum Gasteiger partial charge on any atom is 0.427 e. The molecule has 2 saturated heterocycles. The Labute approximate surface area is 631 Å². The van der Waals surface area contributed by atoms with Gasteiger partial charge in [0.25, 0.3) is 0 Å². The molecule has 0 spiro atoms. The van der Waals surface area contributed by atoms with E-state index in [1.807, 2.05) is 35.4 Å². The minimum atomic E-state index is -4.92. The minimum Gasteiger partial charge on any atom is -0.457 e. The quantitative estimate of drug-likeness (QED) is 0.0606. The van der Waals surface area contributed by atoms with Gasteiger partial charge in [-0.3, -0.25) is 47.8 Å². The summed E-state index contributed by atoms with van der Waals surface area (Å²) >= 11 is 0. The average molecular weight is 1610 g/mol. The number of carbonyl (C=O) groups is 10. The summed E-state index contributed by atoms with van der Waals surface area (Å²) in [5, 5.41) is 0. The average Bonchev–Trinajstić information content (AvgIpc) is 1.57. The third-order valence-corrected chi connectivity index (χ3v) is 27.4. The molecular formula is C76H94F10N4O18S2. The Balaban J connectivity index is 0.000000253. The van der Waals surface area contributed by atoms with Gasteiger partial charge in [-0.2, -0.15) is 26.3 Å². The Morgan fingerprint density at radius 2 is 0.882 bits per heavy atom. The Morgan fingerprint density at radius 3 is 1.19 bits per heavy atom. The molecule has 4 amide bonds. The predicted molar refractivity (Wildman–Crippen MR) is 373 cm³/mol. The van der Waals surface area contributed by atoms with Crippen molar-refractivity contribution in [1.82, 2.24) is 19.2 Å². The van der Waals surface area contributed by atoms with Crippen LogP contribution in [0.5, 0.6) is 0 Å². The maximum atomic E-state index is 14.6. The van der Waals surface area contributed by atoms with Gasteiger partial charge in [0.1, 0.15) is 46.7 Å². The second-order valence-corrected chi connectivity index (χ2v) is 36.7. The molecule has 608 valence electrons. The number of hydrogen-bond acceptors (Lipinski definition) is 18. The summed E-state index contributed by atoms with van der Waals surface area (Å²) in [7, 11) is -8.90. The van der Waals surface area contributed by atoms with Crippen molar-refractivity contribution < 1.29 is 128 Å². The van der Waals surface area contributed by atoms with Gasteiger partial charge in [0.05, 0.1) is 71.8 Å². The molecule has 10 rings (SSSR count). The number of Topliss-reactive ketones (excluding diaryl/α,β-unsaturated/α-hetero) is 2. The normalized spacial score (nSPS) is 30.5. The highest BCUT2D eigenvalue weighted by atomic mass is 32.2. The van der Waals surface area contributed by atoms with Crippen molar-refractivity contribution in [2.24, 2.45) is 58.2 Å². The number of hydrogen-bond donors (Lipinski definition) is 2. The molecular weight excluding hydrogens is 1510 g/mol. The van der Waals surface area contributed by atoms with Crippen molar-refractivity contribution >= 4 is 79.1 Å². The van der Waals surface area contributed by atoms with Crippen molar-refractivity contribution in [2.45, 2.75) is 228 Å². The first kappa shape index (κ1) is 86.2. The Hall–Kier alpha value is -7.78. The van der Waals surface area contributed by atoms with Gasteiger partial charge < -0.3 is 28.7 Å². The zero-order chi connectivity index (χ0) is 81.5. The van der Waals surface area contributed by atoms with Gasteiger partial charge in [0, 0.05) is 25.7 Å². The second-order valence-electron chi connectivity index (χ2n) is 32.5. The van der Waals surface area contributed by atoms with Crippen LogP contribution >= 0.6 is 0 Å². The van der Waals surface area contributed by atoms with Crippen LogP contribution in [0, 0.1) is 69.8 Å². The van der Waals surface area contributed by atoms with Crippen LogP contribution in [0.3, 0.4) is 0 Å². The molecule has 14 atom stereocenters. The summed E-state index contributed by atoms with van der Waals surface area (Å²) in [5.74, 6) is -15.9. The molecule has 110 heavy (non-hydrogen) atoms. The van der Waals surface area contributed by atoms with Gasteiger partial charge in [-0.15, -0.1) is 0 Å². The molecule has 2 aromatic rings. The standard InChI is InChI=1S/2C38H47F5N2O9S/c2*1-22-8-5-6-10-25-18-37(25,34(50)44-55(51,52)36(21-39)12-13-36)19-30(46)29-16-27(53-33(49)24-9-7-11-26(40)15-24)20-45(29)32(48)28(23(2)14-22)17-31(47)54-35(3,4)38(41,42)43/h2*6-7,9-11,15,22-23,25,27-29H,5,8,12-14,16-21H2,1-4H3,(H,44,50)/b2*10-6-/t22-,23+,25+,27+,28-,29-,37+;22-,23-,25-,27-,28+,29+,37-/m01/s1. The summed E-state index contributed by atoms with van der Waals surface area (Å²) in [4.78, 5) is 140. The number of alkyl halides is 8. The first-order chi connectivity index (χ1) is 51.1. The maximum absolute atomic E-state index is 14.6. The number of nitrogens with one attached hydrogen (secondary N) is 2. The number of amides is 4. The molecule has 6 fully saturated rings. The molecule has 2 aromatic carbocycles. The highest BCUT2D eigenvalue weighted by molar-refractivity contribution is 7.92. The van der Waals surface area contributed by atoms with Gasteiger partial charge in [-0.25, -0.2) is 44.0 Å². The van der Waals surface area contributed by atoms with E-state index in [1.165, 1.54) is 24.3 Å². The topological polar surface area (TPSA) is 306 Å². The third kappa shape index (κ3) is 19.3. The molecule has 0 radical (unpaired) electrons. The minimum absolute atomic E-state index is 0.0231. The van der Waals surface area contributed by atoms with Gasteiger partial charge in [-0.05, 0) is 177 Å². The van der Waals surface area contributed by atoms with Crippen molar-refractivity contribution in [1.29, 1.82) is 0 Å². The largest absolute Gasteiger partial charge is 0.457 e. The molecule has 4 aliphatic heterocycles. The fourth-order valence-electron chi connectivity index (χ4n) is 15.3. The van der Waals surface area contributed by atoms with Crippen molar-refractivity contribution in [3.63, 3.8) is 0 Å². The first-order valence-corrected chi connectivity index (χ1v) is 39.8. The van der Waals surface area contributed by atoms with Crippen LogP contribution < -0.4 is 9.44 Å². The van der Waals surface area contributed by atoms with Gasteiger partial charge in [-0.1, -0.05) is 64.1 Å². The van der Waals surface area contributed by atoms with E-state index < -0.39 is 233 Å². The molecule has 0 aromatic heterocycles.